The Morgan fingerprint density at radius 1 is 1.29 bits per heavy atom. The van der Waals surface area contributed by atoms with Gasteiger partial charge in [0, 0.05) is 44.0 Å². The standard InChI is InChI=1S/C18H30N4O2/c1-15(2)20-10-5-16(6-11-20)18(23)21-8-4-12-24-17(13-21)14-22-9-3-7-19-22/h3,7,9,15-17H,4-6,8,10-14H2,1-2H3/t17-/m1/s1. The highest BCUT2D eigenvalue weighted by molar-refractivity contribution is 5.79. The molecule has 1 amide bonds. The molecule has 0 radical (unpaired) electrons. The summed E-state index contributed by atoms with van der Waals surface area (Å²) in [4.78, 5) is 17.5. The van der Waals surface area contributed by atoms with Crippen LogP contribution in [0.5, 0.6) is 0 Å². The van der Waals surface area contributed by atoms with Gasteiger partial charge in [-0.05, 0) is 52.3 Å². The van der Waals surface area contributed by atoms with Gasteiger partial charge >= 0.3 is 0 Å². The second-order valence-corrected chi connectivity index (χ2v) is 7.26. The lowest BCUT2D eigenvalue weighted by Crippen LogP contribution is -2.46. The van der Waals surface area contributed by atoms with Crippen LogP contribution in [-0.2, 0) is 16.1 Å². The fraction of sp³-hybridized carbons (Fsp3) is 0.778. The third kappa shape index (κ3) is 4.36. The highest BCUT2D eigenvalue weighted by Crippen LogP contribution is 2.22. The van der Waals surface area contributed by atoms with Crippen molar-refractivity contribution in [2.75, 3.05) is 32.8 Å². The maximum atomic E-state index is 13.0. The van der Waals surface area contributed by atoms with Gasteiger partial charge in [-0.15, -0.1) is 0 Å². The molecule has 2 aliphatic heterocycles. The first-order chi connectivity index (χ1) is 11.6. The Morgan fingerprint density at radius 2 is 2.08 bits per heavy atom. The minimum Gasteiger partial charge on any atom is -0.374 e. The van der Waals surface area contributed by atoms with Crippen LogP contribution in [0.15, 0.2) is 18.5 Å². The molecule has 1 aromatic rings. The zero-order valence-electron chi connectivity index (χ0n) is 14.9. The minimum atomic E-state index is 0.0344. The summed E-state index contributed by atoms with van der Waals surface area (Å²) < 4.78 is 7.82. The van der Waals surface area contributed by atoms with Crippen molar-refractivity contribution in [2.45, 2.75) is 51.8 Å². The van der Waals surface area contributed by atoms with Crippen LogP contribution >= 0.6 is 0 Å². The van der Waals surface area contributed by atoms with Gasteiger partial charge in [-0.3, -0.25) is 9.48 Å². The first-order valence-corrected chi connectivity index (χ1v) is 9.25. The van der Waals surface area contributed by atoms with Crippen LogP contribution in [0, 0.1) is 5.92 Å². The smallest absolute Gasteiger partial charge is 0.225 e. The van der Waals surface area contributed by atoms with Crippen molar-refractivity contribution in [2.24, 2.45) is 5.92 Å². The summed E-state index contributed by atoms with van der Waals surface area (Å²) in [7, 11) is 0. The molecular formula is C18H30N4O2. The van der Waals surface area contributed by atoms with E-state index in [-0.39, 0.29) is 12.0 Å². The molecule has 0 aromatic carbocycles. The fourth-order valence-corrected chi connectivity index (χ4v) is 3.74. The van der Waals surface area contributed by atoms with Crippen LogP contribution in [0.4, 0.5) is 0 Å². The van der Waals surface area contributed by atoms with Gasteiger partial charge in [-0.1, -0.05) is 0 Å². The third-order valence-corrected chi connectivity index (χ3v) is 5.22. The van der Waals surface area contributed by atoms with E-state index in [1.54, 1.807) is 6.20 Å². The number of carbonyl (C=O) groups excluding carboxylic acids is 1. The van der Waals surface area contributed by atoms with E-state index in [0.29, 0.717) is 25.0 Å². The van der Waals surface area contributed by atoms with Gasteiger partial charge in [0.05, 0.1) is 12.6 Å². The molecule has 2 fully saturated rings. The van der Waals surface area contributed by atoms with Crippen LogP contribution in [0.1, 0.15) is 33.1 Å². The van der Waals surface area contributed by atoms with Crippen molar-refractivity contribution in [3.05, 3.63) is 18.5 Å². The Bertz CT molecular complexity index is 509. The molecule has 0 N–H and O–H groups in total. The van der Waals surface area contributed by atoms with Crippen LogP contribution in [0.2, 0.25) is 0 Å². The second kappa shape index (κ2) is 8.12. The topological polar surface area (TPSA) is 50.6 Å². The molecule has 0 bridgehead atoms. The number of ether oxygens (including phenoxy) is 1. The highest BCUT2D eigenvalue weighted by atomic mass is 16.5. The lowest BCUT2D eigenvalue weighted by atomic mass is 9.94. The van der Waals surface area contributed by atoms with Gasteiger partial charge in [0.2, 0.25) is 5.91 Å². The van der Waals surface area contributed by atoms with E-state index in [1.165, 1.54) is 0 Å². The van der Waals surface area contributed by atoms with Gasteiger partial charge in [-0.25, -0.2) is 0 Å². The second-order valence-electron chi connectivity index (χ2n) is 7.26. The van der Waals surface area contributed by atoms with Crippen LogP contribution in [0.3, 0.4) is 0 Å². The molecule has 2 saturated heterocycles. The average Bonchev–Trinajstić information content (AvgIpc) is 2.98. The predicted octanol–water partition coefficient (Wildman–Crippen LogP) is 1.62. The van der Waals surface area contributed by atoms with E-state index in [0.717, 1.165) is 45.5 Å². The number of carbonyl (C=O) groups is 1. The zero-order valence-corrected chi connectivity index (χ0v) is 14.9. The summed E-state index contributed by atoms with van der Waals surface area (Å²) in [6.07, 6.45) is 6.65. The lowest BCUT2D eigenvalue weighted by molar-refractivity contribution is -0.138. The molecule has 1 aromatic heterocycles. The maximum Gasteiger partial charge on any atom is 0.225 e. The molecule has 0 unspecified atom stereocenters. The molecule has 2 aliphatic rings. The van der Waals surface area contributed by atoms with Crippen molar-refractivity contribution in [3.63, 3.8) is 0 Å². The average molecular weight is 334 g/mol. The monoisotopic (exact) mass is 334 g/mol. The Kier molecular flexibility index (Phi) is 5.89. The van der Waals surface area contributed by atoms with E-state index >= 15 is 0 Å². The number of nitrogens with zero attached hydrogens (tertiary/aromatic N) is 4. The molecule has 0 aliphatic carbocycles. The SMILES string of the molecule is CC(C)N1CCC(C(=O)N2CCCO[C@@H](Cn3cccn3)C2)CC1. The summed E-state index contributed by atoms with van der Waals surface area (Å²) >= 11 is 0. The number of likely N-dealkylation sites (tertiary alicyclic amines) is 1. The molecule has 3 rings (SSSR count). The van der Waals surface area contributed by atoms with Gasteiger partial charge in [0.25, 0.3) is 0 Å². The number of rotatable bonds is 4. The quantitative estimate of drug-likeness (QED) is 0.840. The summed E-state index contributed by atoms with van der Waals surface area (Å²) in [6, 6.07) is 2.49. The fourth-order valence-electron chi connectivity index (χ4n) is 3.74. The third-order valence-electron chi connectivity index (χ3n) is 5.22. The normalized spacial score (nSPS) is 24.3. The van der Waals surface area contributed by atoms with Crippen molar-refractivity contribution < 1.29 is 9.53 Å². The van der Waals surface area contributed by atoms with Crippen LogP contribution in [0.25, 0.3) is 0 Å². The Hall–Kier alpha value is -1.40. The number of amides is 1. The van der Waals surface area contributed by atoms with Crippen molar-refractivity contribution in [1.29, 1.82) is 0 Å². The van der Waals surface area contributed by atoms with E-state index in [9.17, 15) is 4.79 Å². The van der Waals surface area contributed by atoms with E-state index in [1.807, 2.05) is 21.8 Å². The Labute approximate surface area is 144 Å². The number of hydrogen-bond donors (Lipinski definition) is 0. The van der Waals surface area contributed by atoms with E-state index in [2.05, 4.69) is 23.8 Å². The molecule has 6 heteroatoms. The largest absolute Gasteiger partial charge is 0.374 e. The van der Waals surface area contributed by atoms with Crippen LogP contribution < -0.4 is 0 Å². The zero-order chi connectivity index (χ0) is 16.9. The molecule has 0 spiro atoms. The molecule has 134 valence electrons. The van der Waals surface area contributed by atoms with Gasteiger partial charge < -0.3 is 14.5 Å². The maximum absolute atomic E-state index is 13.0. The molecule has 6 nitrogen and oxygen atoms in total. The number of hydrogen-bond acceptors (Lipinski definition) is 4. The summed E-state index contributed by atoms with van der Waals surface area (Å²) in [5.74, 6) is 0.512. The molecule has 0 saturated carbocycles. The van der Waals surface area contributed by atoms with Crippen molar-refractivity contribution >= 4 is 5.91 Å². The van der Waals surface area contributed by atoms with E-state index < -0.39 is 0 Å². The first kappa shape index (κ1) is 17.4. The Balaban J connectivity index is 1.55. The summed E-state index contributed by atoms with van der Waals surface area (Å²) in [5, 5.41) is 4.25. The minimum absolute atomic E-state index is 0.0344. The summed E-state index contributed by atoms with van der Waals surface area (Å²) in [6.45, 7) is 9.47. The van der Waals surface area contributed by atoms with Gasteiger partial charge in [0.15, 0.2) is 0 Å². The van der Waals surface area contributed by atoms with E-state index in [4.69, 9.17) is 4.74 Å². The van der Waals surface area contributed by atoms with Crippen molar-refractivity contribution in [1.82, 2.24) is 19.6 Å². The molecule has 1 atom stereocenters. The predicted molar refractivity (Wildman–Crippen MR) is 92.6 cm³/mol. The molecule has 3 heterocycles. The van der Waals surface area contributed by atoms with Gasteiger partial charge in [0.1, 0.15) is 0 Å². The first-order valence-electron chi connectivity index (χ1n) is 9.25. The molecular weight excluding hydrogens is 304 g/mol. The lowest BCUT2D eigenvalue weighted by Gasteiger charge is -2.36. The number of piperidine rings is 1. The van der Waals surface area contributed by atoms with Crippen molar-refractivity contribution in [3.8, 4) is 0 Å². The number of aromatic nitrogens is 2. The Morgan fingerprint density at radius 3 is 2.75 bits per heavy atom. The highest BCUT2D eigenvalue weighted by Gasteiger charge is 2.31. The van der Waals surface area contributed by atoms with Gasteiger partial charge in [-0.2, -0.15) is 5.10 Å². The summed E-state index contributed by atoms with van der Waals surface area (Å²) in [5.41, 5.74) is 0. The molecule has 24 heavy (non-hydrogen) atoms. The van der Waals surface area contributed by atoms with Crippen LogP contribution in [-0.4, -0.2) is 70.4 Å².